The zero-order valence-electron chi connectivity index (χ0n) is 15.7. The van der Waals surface area contributed by atoms with Gasteiger partial charge >= 0.3 is 0 Å². The van der Waals surface area contributed by atoms with E-state index in [4.69, 9.17) is 37.8 Å². The van der Waals surface area contributed by atoms with Crippen molar-refractivity contribution in [3.8, 4) is 11.5 Å². The number of halogens is 2. The second kappa shape index (κ2) is 7.29. The first-order valence-electron chi connectivity index (χ1n) is 9.35. The highest BCUT2D eigenvalue weighted by molar-refractivity contribution is 6.30. The lowest BCUT2D eigenvalue weighted by atomic mass is 9.95. The van der Waals surface area contributed by atoms with Gasteiger partial charge in [0, 0.05) is 27.6 Å². The van der Waals surface area contributed by atoms with Gasteiger partial charge in [0.1, 0.15) is 0 Å². The van der Waals surface area contributed by atoms with Crippen LogP contribution in [-0.2, 0) is 0 Å². The summed E-state index contributed by atoms with van der Waals surface area (Å²) in [5.41, 5.74) is 4.12. The number of fused-ring (bicyclic) bond motifs is 3. The second-order valence-corrected chi connectivity index (χ2v) is 7.93. The Balaban J connectivity index is 1.61. The van der Waals surface area contributed by atoms with Gasteiger partial charge in [0.25, 0.3) is 0 Å². The van der Waals surface area contributed by atoms with Crippen LogP contribution >= 0.6 is 23.2 Å². The molecule has 2 heterocycles. The Morgan fingerprint density at radius 2 is 1.66 bits per heavy atom. The lowest BCUT2D eigenvalue weighted by Crippen LogP contribution is -2.33. The molecule has 4 nitrogen and oxygen atoms in total. The van der Waals surface area contributed by atoms with Crippen molar-refractivity contribution in [2.24, 2.45) is 5.10 Å². The highest BCUT2D eigenvalue weighted by Gasteiger charge is 2.42. The van der Waals surface area contributed by atoms with E-state index in [9.17, 15) is 0 Å². The SMILES string of the molecule is COc1cccc2c1OC(c1ccc(Cl)cc1)N1N=C(c3ccc(Cl)cc3)CC21. The molecule has 0 bridgehead atoms. The number of rotatable bonds is 3. The molecule has 0 spiro atoms. The van der Waals surface area contributed by atoms with Gasteiger partial charge in [-0.25, -0.2) is 5.01 Å². The number of nitrogens with zero attached hydrogens (tertiary/aromatic N) is 2. The number of benzene rings is 3. The summed E-state index contributed by atoms with van der Waals surface area (Å²) in [7, 11) is 1.66. The van der Waals surface area contributed by atoms with Gasteiger partial charge in [-0.15, -0.1) is 0 Å². The van der Waals surface area contributed by atoms with Gasteiger partial charge in [-0.2, -0.15) is 5.10 Å². The molecule has 5 rings (SSSR count). The Kier molecular flexibility index (Phi) is 4.61. The summed E-state index contributed by atoms with van der Waals surface area (Å²) in [4.78, 5) is 0. The third-order valence-electron chi connectivity index (χ3n) is 5.33. The van der Waals surface area contributed by atoms with Crippen LogP contribution in [0.3, 0.4) is 0 Å². The highest BCUT2D eigenvalue weighted by atomic mass is 35.5. The molecule has 2 atom stereocenters. The van der Waals surface area contributed by atoms with Crippen molar-refractivity contribution in [1.29, 1.82) is 0 Å². The van der Waals surface area contributed by atoms with Crippen LogP contribution in [0.5, 0.6) is 11.5 Å². The zero-order valence-corrected chi connectivity index (χ0v) is 17.2. The summed E-state index contributed by atoms with van der Waals surface area (Å²) < 4.78 is 12.0. The number of ether oxygens (including phenoxy) is 2. The van der Waals surface area contributed by atoms with Crippen molar-refractivity contribution in [3.63, 3.8) is 0 Å². The lowest BCUT2D eigenvalue weighted by Gasteiger charge is -2.38. The molecule has 29 heavy (non-hydrogen) atoms. The van der Waals surface area contributed by atoms with Crippen LogP contribution < -0.4 is 9.47 Å². The summed E-state index contributed by atoms with van der Waals surface area (Å²) in [6.07, 6.45) is 0.403. The van der Waals surface area contributed by atoms with E-state index >= 15 is 0 Å². The van der Waals surface area contributed by atoms with E-state index < -0.39 is 0 Å². The Morgan fingerprint density at radius 3 is 2.34 bits per heavy atom. The summed E-state index contributed by atoms with van der Waals surface area (Å²) in [6, 6.07) is 21.5. The zero-order chi connectivity index (χ0) is 20.0. The van der Waals surface area contributed by atoms with Gasteiger partial charge in [-0.05, 0) is 35.9 Å². The van der Waals surface area contributed by atoms with Crippen LogP contribution in [0.15, 0.2) is 71.8 Å². The van der Waals surface area contributed by atoms with Gasteiger partial charge in [0.05, 0.1) is 18.9 Å². The topological polar surface area (TPSA) is 34.1 Å². The standard InChI is InChI=1S/C23H18Cl2N2O2/c1-28-21-4-2-3-18-20-13-19(14-5-9-16(24)10-6-14)26-27(20)23(29-22(18)21)15-7-11-17(25)12-8-15/h2-12,20,23H,13H2,1H3. The second-order valence-electron chi connectivity index (χ2n) is 7.05. The first-order chi connectivity index (χ1) is 14.1. The molecule has 2 aliphatic heterocycles. The Morgan fingerprint density at radius 1 is 0.966 bits per heavy atom. The minimum absolute atomic E-state index is 0.0557. The fraction of sp³-hybridized carbons (Fsp3) is 0.174. The fourth-order valence-corrected chi connectivity index (χ4v) is 4.16. The molecule has 0 fully saturated rings. The molecule has 2 aliphatic rings. The Bertz CT molecular complexity index is 1080. The van der Waals surface area contributed by atoms with E-state index in [2.05, 4.69) is 6.07 Å². The maximum absolute atomic E-state index is 6.43. The Labute approximate surface area is 179 Å². The summed E-state index contributed by atoms with van der Waals surface area (Å²) in [6.45, 7) is 0. The molecular formula is C23H18Cl2N2O2. The maximum Gasteiger partial charge on any atom is 0.214 e. The van der Waals surface area contributed by atoms with Gasteiger partial charge in [0.2, 0.25) is 6.23 Å². The molecule has 0 aromatic heterocycles. The van der Waals surface area contributed by atoms with Crippen LogP contribution in [0.2, 0.25) is 10.0 Å². The third-order valence-corrected chi connectivity index (χ3v) is 5.84. The van der Waals surface area contributed by atoms with E-state index in [0.29, 0.717) is 10.0 Å². The first kappa shape index (κ1) is 18.3. The normalized spacial score (nSPS) is 19.8. The van der Waals surface area contributed by atoms with E-state index in [1.54, 1.807) is 7.11 Å². The average molecular weight is 425 g/mol. The van der Waals surface area contributed by atoms with Gasteiger partial charge < -0.3 is 9.47 Å². The number of hydrogen-bond acceptors (Lipinski definition) is 4. The summed E-state index contributed by atoms with van der Waals surface area (Å²) in [5.74, 6) is 1.49. The molecule has 0 saturated carbocycles. The summed E-state index contributed by atoms with van der Waals surface area (Å²) in [5, 5.41) is 8.39. The van der Waals surface area contributed by atoms with E-state index in [-0.39, 0.29) is 12.3 Å². The molecule has 0 N–H and O–H groups in total. The average Bonchev–Trinajstić information content (AvgIpc) is 3.19. The lowest BCUT2D eigenvalue weighted by molar-refractivity contribution is -0.0208. The Hall–Kier alpha value is -2.69. The van der Waals surface area contributed by atoms with Crippen molar-refractivity contribution < 1.29 is 9.47 Å². The minimum Gasteiger partial charge on any atom is -0.493 e. The van der Waals surface area contributed by atoms with E-state index in [1.807, 2.05) is 65.7 Å². The number of methoxy groups -OCH3 is 1. The van der Waals surface area contributed by atoms with E-state index in [0.717, 1.165) is 40.3 Å². The fourth-order valence-electron chi connectivity index (χ4n) is 3.91. The van der Waals surface area contributed by atoms with Crippen molar-refractivity contribution in [1.82, 2.24) is 5.01 Å². The molecule has 0 amide bonds. The molecule has 0 aliphatic carbocycles. The molecule has 0 radical (unpaired) electrons. The number of hydrazone groups is 1. The monoisotopic (exact) mass is 424 g/mol. The van der Waals surface area contributed by atoms with E-state index in [1.165, 1.54) is 0 Å². The van der Waals surface area contributed by atoms with Crippen LogP contribution in [0.1, 0.15) is 35.4 Å². The van der Waals surface area contributed by atoms with Crippen LogP contribution in [0, 0.1) is 0 Å². The molecule has 0 saturated heterocycles. The van der Waals surface area contributed by atoms with Crippen LogP contribution in [0.25, 0.3) is 0 Å². The molecular weight excluding hydrogens is 407 g/mol. The third kappa shape index (κ3) is 3.22. The number of para-hydroxylation sites is 1. The smallest absolute Gasteiger partial charge is 0.214 e. The van der Waals surface area contributed by atoms with Gasteiger partial charge in [0.15, 0.2) is 11.5 Å². The minimum atomic E-state index is -0.370. The highest BCUT2D eigenvalue weighted by Crippen LogP contribution is 2.50. The van der Waals surface area contributed by atoms with Crippen molar-refractivity contribution in [2.75, 3.05) is 7.11 Å². The van der Waals surface area contributed by atoms with Crippen molar-refractivity contribution in [2.45, 2.75) is 18.7 Å². The van der Waals surface area contributed by atoms with Crippen molar-refractivity contribution in [3.05, 3.63) is 93.5 Å². The maximum atomic E-state index is 6.43. The predicted molar refractivity (Wildman–Crippen MR) is 115 cm³/mol. The molecule has 6 heteroatoms. The van der Waals surface area contributed by atoms with Gasteiger partial charge in [-0.3, -0.25) is 0 Å². The quantitative estimate of drug-likeness (QED) is 0.498. The van der Waals surface area contributed by atoms with Crippen LogP contribution in [0.4, 0.5) is 0 Å². The van der Waals surface area contributed by atoms with Crippen LogP contribution in [-0.4, -0.2) is 17.8 Å². The van der Waals surface area contributed by atoms with Gasteiger partial charge in [-0.1, -0.05) is 59.6 Å². The largest absolute Gasteiger partial charge is 0.493 e. The predicted octanol–water partition coefficient (Wildman–Crippen LogP) is 6.24. The molecule has 3 aromatic carbocycles. The van der Waals surface area contributed by atoms with Crippen molar-refractivity contribution >= 4 is 28.9 Å². The molecule has 3 aromatic rings. The first-order valence-corrected chi connectivity index (χ1v) is 10.1. The molecule has 146 valence electrons. The molecule has 2 unspecified atom stereocenters. The number of hydrogen-bond donors (Lipinski definition) is 0. The summed E-state index contributed by atoms with van der Waals surface area (Å²) >= 11 is 12.2.